The first-order valence-electron chi connectivity index (χ1n) is 18.2. The van der Waals surface area contributed by atoms with Crippen molar-refractivity contribution in [2.45, 2.75) is 192 Å². The van der Waals surface area contributed by atoms with E-state index in [0.717, 1.165) is 116 Å². The summed E-state index contributed by atoms with van der Waals surface area (Å²) < 4.78 is 20.4. The standard InChI is InChI=1S/C37H64O6/c1-4-7-16-32(38)19-10-13-22-41-35-25-31-26-36(28-35,42-23-14-11-20-33(39)17-8-5-2)30-37(27-31,29-35)43-24-15-12-21-34(40)18-9-6-3/h31H,4-30H2,1-3H3. The fourth-order valence-electron chi connectivity index (χ4n) is 8.30. The maximum Gasteiger partial charge on any atom is 0.132 e. The summed E-state index contributed by atoms with van der Waals surface area (Å²) in [5.74, 6) is 1.69. The van der Waals surface area contributed by atoms with Gasteiger partial charge in [0.15, 0.2) is 0 Å². The second-order valence-corrected chi connectivity index (χ2v) is 14.4. The summed E-state index contributed by atoms with van der Waals surface area (Å²) in [7, 11) is 0. The van der Waals surface area contributed by atoms with Crippen LogP contribution in [0.2, 0.25) is 0 Å². The molecule has 4 aliphatic rings. The van der Waals surface area contributed by atoms with Crippen LogP contribution < -0.4 is 0 Å². The second kappa shape index (κ2) is 18.8. The van der Waals surface area contributed by atoms with Gasteiger partial charge in [-0.2, -0.15) is 0 Å². The van der Waals surface area contributed by atoms with Gasteiger partial charge in [0.05, 0.1) is 16.8 Å². The highest BCUT2D eigenvalue weighted by Crippen LogP contribution is 2.63. The molecule has 248 valence electrons. The van der Waals surface area contributed by atoms with Crippen molar-refractivity contribution in [2.24, 2.45) is 5.92 Å². The van der Waals surface area contributed by atoms with Crippen LogP contribution in [-0.4, -0.2) is 54.0 Å². The molecule has 0 aromatic rings. The minimum Gasteiger partial charge on any atom is -0.375 e. The molecule has 0 aromatic heterocycles. The number of Topliss-reactive ketones (excluding diaryl/α,β-unsaturated/α-hetero) is 3. The Morgan fingerprint density at radius 1 is 0.465 bits per heavy atom. The Morgan fingerprint density at radius 3 is 1.02 bits per heavy atom. The van der Waals surface area contributed by atoms with Gasteiger partial charge in [-0.15, -0.1) is 0 Å². The number of carbonyl (C=O) groups excluding carboxylic acids is 3. The van der Waals surface area contributed by atoms with Crippen LogP contribution in [-0.2, 0) is 28.6 Å². The summed E-state index contributed by atoms with van der Waals surface area (Å²) in [6.07, 6.45) is 21.8. The monoisotopic (exact) mass is 604 g/mol. The highest BCUT2D eigenvalue weighted by atomic mass is 16.5. The minimum atomic E-state index is -0.210. The molecule has 4 bridgehead atoms. The SMILES string of the molecule is CCCCC(=O)CCCCOC12CC3CC(OCCCCC(=O)CCCC)(C1)CC(OCCCCC(=O)CCCC)(C3)C2. The van der Waals surface area contributed by atoms with Crippen LogP contribution >= 0.6 is 0 Å². The van der Waals surface area contributed by atoms with E-state index in [9.17, 15) is 14.4 Å². The van der Waals surface area contributed by atoms with Crippen LogP contribution in [0.1, 0.15) is 175 Å². The molecule has 0 aliphatic heterocycles. The largest absolute Gasteiger partial charge is 0.375 e. The van der Waals surface area contributed by atoms with Crippen LogP contribution in [0, 0.1) is 5.92 Å². The molecule has 0 amide bonds. The zero-order valence-electron chi connectivity index (χ0n) is 28.1. The van der Waals surface area contributed by atoms with Gasteiger partial charge in [0.1, 0.15) is 17.3 Å². The minimum absolute atomic E-state index is 0.210. The van der Waals surface area contributed by atoms with Crippen molar-refractivity contribution in [1.82, 2.24) is 0 Å². The number of ketones is 3. The molecule has 0 aromatic carbocycles. The predicted molar refractivity (Wildman–Crippen MR) is 172 cm³/mol. The Balaban J connectivity index is 1.53. The molecule has 4 saturated carbocycles. The van der Waals surface area contributed by atoms with Gasteiger partial charge in [0, 0.05) is 77.6 Å². The maximum absolute atomic E-state index is 12.1. The molecule has 0 unspecified atom stereocenters. The summed E-state index contributed by atoms with van der Waals surface area (Å²) in [5.41, 5.74) is -0.631. The molecule has 0 spiro atoms. The van der Waals surface area contributed by atoms with Gasteiger partial charge >= 0.3 is 0 Å². The maximum atomic E-state index is 12.1. The van der Waals surface area contributed by atoms with Crippen molar-refractivity contribution in [2.75, 3.05) is 19.8 Å². The van der Waals surface area contributed by atoms with Gasteiger partial charge in [-0.25, -0.2) is 0 Å². The van der Waals surface area contributed by atoms with Crippen molar-refractivity contribution in [3.63, 3.8) is 0 Å². The number of unbranched alkanes of at least 4 members (excludes halogenated alkanes) is 6. The number of ether oxygens (including phenoxy) is 3. The summed E-state index contributed by atoms with van der Waals surface area (Å²) in [6.45, 7) is 8.47. The van der Waals surface area contributed by atoms with Crippen LogP contribution in [0.3, 0.4) is 0 Å². The molecule has 0 radical (unpaired) electrons. The fraction of sp³-hybridized carbons (Fsp3) is 0.919. The lowest BCUT2D eigenvalue weighted by atomic mass is 9.50. The summed E-state index contributed by atoms with van der Waals surface area (Å²) >= 11 is 0. The topological polar surface area (TPSA) is 78.9 Å². The summed E-state index contributed by atoms with van der Waals surface area (Å²) in [4.78, 5) is 36.4. The van der Waals surface area contributed by atoms with E-state index in [-0.39, 0.29) is 16.8 Å². The van der Waals surface area contributed by atoms with E-state index in [1.54, 1.807) is 0 Å². The average Bonchev–Trinajstić information content (AvgIpc) is 2.96. The zero-order valence-corrected chi connectivity index (χ0v) is 28.1. The van der Waals surface area contributed by atoms with Crippen molar-refractivity contribution in [1.29, 1.82) is 0 Å². The Hall–Kier alpha value is -1.11. The van der Waals surface area contributed by atoms with Crippen LogP contribution in [0.15, 0.2) is 0 Å². The first-order valence-corrected chi connectivity index (χ1v) is 18.2. The Bertz CT molecular complexity index is 735. The van der Waals surface area contributed by atoms with Crippen molar-refractivity contribution >= 4 is 17.3 Å². The highest BCUT2D eigenvalue weighted by Gasteiger charge is 2.65. The molecular formula is C37H64O6. The Labute approximate surface area is 263 Å². The first kappa shape index (κ1) is 36.4. The third-order valence-electron chi connectivity index (χ3n) is 10.1. The lowest BCUT2D eigenvalue weighted by Crippen LogP contribution is -2.68. The number of hydrogen-bond acceptors (Lipinski definition) is 6. The van der Waals surface area contributed by atoms with Crippen molar-refractivity contribution in [3.8, 4) is 0 Å². The van der Waals surface area contributed by atoms with Crippen molar-refractivity contribution < 1.29 is 28.6 Å². The van der Waals surface area contributed by atoms with E-state index >= 15 is 0 Å². The van der Waals surface area contributed by atoms with E-state index < -0.39 is 0 Å². The molecule has 4 rings (SSSR count). The van der Waals surface area contributed by atoms with E-state index in [0.29, 0.717) is 81.6 Å². The predicted octanol–water partition coefficient (Wildman–Crippen LogP) is 9.04. The van der Waals surface area contributed by atoms with Crippen LogP contribution in [0.25, 0.3) is 0 Å². The van der Waals surface area contributed by atoms with Crippen LogP contribution in [0.4, 0.5) is 0 Å². The van der Waals surface area contributed by atoms with Gasteiger partial charge in [-0.1, -0.05) is 40.0 Å². The van der Waals surface area contributed by atoms with E-state index in [1.807, 2.05) is 0 Å². The third kappa shape index (κ3) is 12.3. The van der Waals surface area contributed by atoms with Gasteiger partial charge in [-0.05, 0) is 83.0 Å². The molecule has 0 saturated heterocycles. The molecule has 0 N–H and O–H groups in total. The van der Waals surface area contributed by atoms with Crippen LogP contribution in [0.5, 0.6) is 0 Å². The van der Waals surface area contributed by atoms with E-state index in [4.69, 9.17) is 14.2 Å². The lowest BCUT2D eigenvalue weighted by molar-refractivity contribution is -0.291. The molecule has 6 nitrogen and oxygen atoms in total. The van der Waals surface area contributed by atoms with Gasteiger partial charge in [0.2, 0.25) is 0 Å². The van der Waals surface area contributed by atoms with Gasteiger partial charge in [-0.3, -0.25) is 14.4 Å². The van der Waals surface area contributed by atoms with Gasteiger partial charge < -0.3 is 14.2 Å². The normalized spacial score (nSPS) is 27.6. The number of hydrogen-bond donors (Lipinski definition) is 0. The fourth-order valence-corrected chi connectivity index (χ4v) is 8.30. The molecule has 4 aliphatic carbocycles. The van der Waals surface area contributed by atoms with Crippen molar-refractivity contribution in [3.05, 3.63) is 0 Å². The number of rotatable bonds is 27. The van der Waals surface area contributed by atoms with E-state index in [1.165, 1.54) is 0 Å². The van der Waals surface area contributed by atoms with E-state index in [2.05, 4.69) is 20.8 Å². The lowest BCUT2D eigenvalue weighted by Gasteiger charge is -2.65. The van der Waals surface area contributed by atoms with Gasteiger partial charge in [0.25, 0.3) is 0 Å². The quantitative estimate of drug-likeness (QED) is 0.0871. The Morgan fingerprint density at radius 2 is 0.744 bits per heavy atom. The summed E-state index contributed by atoms with van der Waals surface area (Å²) in [5, 5.41) is 0. The first-order chi connectivity index (χ1) is 20.8. The molecule has 0 heterocycles. The Kier molecular flexibility index (Phi) is 15.9. The molecular weight excluding hydrogens is 540 g/mol. The average molecular weight is 605 g/mol. The molecule has 6 heteroatoms. The molecule has 4 fully saturated rings. The highest BCUT2D eigenvalue weighted by molar-refractivity contribution is 5.78. The zero-order chi connectivity index (χ0) is 31.0. The molecule has 43 heavy (non-hydrogen) atoms. The second-order valence-electron chi connectivity index (χ2n) is 14.4. The molecule has 0 atom stereocenters. The summed E-state index contributed by atoms with van der Waals surface area (Å²) in [6, 6.07) is 0. The smallest absolute Gasteiger partial charge is 0.132 e. The third-order valence-corrected chi connectivity index (χ3v) is 10.1. The number of carbonyl (C=O) groups is 3.